The smallest absolute Gasteiger partial charge is 0.331 e. The summed E-state index contributed by atoms with van der Waals surface area (Å²) in [5.41, 5.74) is 2.46. The molecular weight excluding hydrogens is 326 g/mol. The van der Waals surface area contributed by atoms with Crippen molar-refractivity contribution in [2.24, 2.45) is 5.41 Å². The molecule has 0 aromatic heterocycles. The van der Waals surface area contributed by atoms with E-state index >= 15 is 0 Å². The second-order valence-corrected chi connectivity index (χ2v) is 8.64. The summed E-state index contributed by atoms with van der Waals surface area (Å²) in [6.07, 6.45) is 5.30. The van der Waals surface area contributed by atoms with Crippen LogP contribution in [0.3, 0.4) is 0 Å². The van der Waals surface area contributed by atoms with E-state index in [1.807, 2.05) is 52.0 Å². The largest absolute Gasteiger partial charge is 0.457 e. The van der Waals surface area contributed by atoms with E-state index < -0.39 is 5.60 Å². The highest BCUT2D eigenvalue weighted by Crippen LogP contribution is 2.38. The first-order valence-electron chi connectivity index (χ1n) is 9.34. The molecule has 4 nitrogen and oxygen atoms in total. The van der Waals surface area contributed by atoms with E-state index in [0.717, 1.165) is 42.4 Å². The van der Waals surface area contributed by atoms with E-state index in [2.05, 4.69) is 12.2 Å². The standard InChI is InChI=1S/C22H31NO3/c1-16-8-6-7-9-18(16)20(25)23-15-22(5)12-10-17(11-13-22)14-19(24)26-21(2,3)4/h6-9,14H,10-13,15H2,1-5H3,(H,23,25). The minimum atomic E-state index is -0.461. The Morgan fingerprint density at radius 1 is 1.19 bits per heavy atom. The van der Waals surface area contributed by atoms with Gasteiger partial charge in [-0.25, -0.2) is 4.79 Å². The number of amides is 1. The normalized spacial score (nSPS) is 20.4. The second kappa shape index (κ2) is 8.07. The number of rotatable bonds is 4. The Balaban J connectivity index is 1.87. The number of hydrogen-bond acceptors (Lipinski definition) is 3. The van der Waals surface area contributed by atoms with E-state index in [9.17, 15) is 9.59 Å². The molecule has 1 amide bonds. The van der Waals surface area contributed by atoms with Crippen LogP contribution in [0.1, 0.15) is 69.3 Å². The van der Waals surface area contributed by atoms with Crippen LogP contribution < -0.4 is 5.32 Å². The number of aryl methyl sites for hydroxylation is 1. The second-order valence-electron chi connectivity index (χ2n) is 8.64. The fraction of sp³-hybridized carbons (Fsp3) is 0.545. The highest BCUT2D eigenvalue weighted by Gasteiger charge is 2.30. The van der Waals surface area contributed by atoms with Crippen LogP contribution in [0.15, 0.2) is 35.9 Å². The molecule has 1 aromatic rings. The van der Waals surface area contributed by atoms with Crippen molar-refractivity contribution in [3.8, 4) is 0 Å². The molecule has 0 heterocycles. The van der Waals surface area contributed by atoms with Crippen molar-refractivity contribution in [3.63, 3.8) is 0 Å². The summed E-state index contributed by atoms with van der Waals surface area (Å²) in [5, 5.41) is 3.09. The number of carbonyl (C=O) groups is 2. The molecular formula is C22H31NO3. The average Bonchev–Trinajstić information content (AvgIpc) is 2.54. The zero-order valence-corrected chi connectivity index (χ0v) is 16.6. The topological polar surface area (TPSA) is 55.4 Å². The lowest BCUT2D eigenvalue weighted by atomic mass is 9.73. The van der Waals surface area contributed by atoms with Crippen molar-refractivity contribution in [1.29, 1.82) is 0 Å². The Hall–Kier alpha value is -2.10. The zero-order valence-electron chi connectivity index (χ0n) is 16.6. The summed E-state index contributed by atoms with van der Waals surface area (Å²) < 4.78 is 5.36. The van der Waals surface area contributed by atoms with Crippen molar-refractivity contribution in [3.05, 3.63) is 47.0 Å². The van der Waals surface area contributed by atoms with Gasteiger partial charge in [-0.2, -0.15) is 0 Å². The predicted octanol–water partition coefficient (Wildman–Crippen LogP) is 4.57. The summed E-state index contributed by atoms with van der Waals surface area (Å²) in [6, 6.07) is 7.63. The number of benzene rings is 1. The van der Waals surface area contributed by atoms with Gasteiger partial charge in [0.25, 0.3) is 5.91 Å². The van der Waals surface area contributed by atoms with Gasteiger partial charge >= 0.3 is 5.97 Å². The fourth-order valence-corrected chi connectivity index (χ4v) is 3.21. The SMILES string of the molecule is Cc1ccccc1C(=O)NCC1(C)CCC(=CC(=O)OC(C)(C)C)CC1. The maximum Gasteiger partial charge on any atom is 0.331 e. The first-order valence-corrected chi connectivity index (χ1v) is 9.34. The van der Waals surface area contributed by atoms with Gasteiger partial charge in [0.15, 0.2) is 0 Å². The lowest BCUT2D eigenvalue weighted by Crippen LogP contribution is -2.37. The number of carbonyl (C=O) groups excluding carboxylic acids is 2. The van der Waals surface area contributed by atoms with Gasteiger partial charge in [-0.3, -0.25) is 4.79 Å². The molecule has 0 spiro atoms. The van der Waals surface area contributed by atoms with Gasteiger partial charge in [0.2, 0.25) is 0 Å². The molecule has 1 N–H and O–H groups in total. The van der Waals surface area contributed by atoms with Gasteiger partial charge in [-0.1, -0.05) is 30.7 Å². The summed E-state index contributed by atoms with van der Waals surface area (Å²) in [5.74, 6) is -0.275. The van der Waals surface area contributed by atoms with E-state index in [-0.39, 0.29) is 17.3 Å². The van der Waals surface area contributed by atoms with Crippen LogP contribution in [0.4, 0.5) is 0 Å². The fourth-order valence-electron chi connectivity index (χ4n) is 3.21. The van der Waals surface area contributed by atoms with Crippen LogP contribution in [0.25, 0.3) is 0 Å². The van der Waals surface area contributed by atoms with Gasteiger partial charge in [-0.15, -0.1) is 0 Å². The monoisotopic (exact) mass is 357 g/mol. The van der Waals surface area contributed by atoms with E-state index in [4.69, 9.17) is 4.74 Å². The molecule has 1 aliphatic rings. The highest BCUT2D eigenvalue weighted by molar-refractivity contribution is 5.95. The van der Waals surface area contributed by atoms with Crippen LogP contribution in [0.5, 0.6) is 0 Å². The number of ether oxygens (including phenoxy) is 1. The van der Waals surface area contributed by atoms with Crippen molar-refractivity contribution in [2.45, 2.75) is 65.9 Å². The Morgan fingerprint density at radius 2 is 1.81 bits per heavy atom. The molecule has 4 heteroatoms. The van der Waals surface area contributed by atoms with Gasteiger partial charge in [0.05, 0.1) is 0 Å². The molecule has 1 saturated carbocycles. The molecule has 26 heavy (non-hydrogen) atoms. The van der Waals surface area contributed by atoms with Gasteiger partial charge < -0.3 is 10.1 Å². The Bertz CT molecular complexity index is 688. The molecule has 2 rings (SSSR count). The Labute approximate surface area is 157 Å². The number of esters is 1. The molecule has 0 aliphatic heterocycles. The summed E-state index contributed by atoms with van der Waals surface area (Å²) in [7, 11) is 0. The van der Waals surface area contributed by atoms with Gasteiger partial charge in [0.1, 0.15) is 5.60 Å². The summed E-state index contributed by atoms with van der Waals surface area (Å²) in [6.45, 7) is 10.4. The van der Waals surface area contributed by atoms with Crippen molar-refractivity contribution >= 4 is 11.9 Å². The number of nitrogens with one attached hydrogen (secondary N) is 1. The molecule has 0 bridgehead atoms. The quantitative estimate of drug-likeness (QED) is 0.634. The third-order valence-corrected chi connectivity index (χ3v) is 4.89. The minimum Gasteiger partial charge on any atom is -0.457 e. The van der Waals surface area contributed by atoms with Crippen molar-refractivity contribution in [1.82, 2.24) is 5.32 Å². The third-order valence-electron chi connectivity index (χ3n) is 4.89. The van der Waals surface area contributed by atoms with Gasteiger partial charge in [0, 0.05) is 18.2 Å². The van der Waals surface area contributed by atoms with Gasteiger partial charge in [-0.05, 0) is 70.4 Å². The molecule has 0 radical (unpaired) electrons. The van der Waals surface area contributed by atoms with Crippen LogP contribution in [0.2, 0.25) is 0 Å². The average molecular weight is 357 g/mol. The summed E-state index contributed by atoms with van der Waals surface area (Å²) >= 11 is 0. The molecule has 0 saturated heterocycles. The minimum absolute atomic E-state index is 0.0144. The Kier molecular flexibility index (Phi) is 6.27. The maximum absolute atomic E-state index is 12.4. The van der Waals surface area contributed by atoms with Crippen LogP contribution in [-0.2, 0) is 9.53 Å². The van der Waals surface area contributed by atoms with E-state index in [0.29, 0.717) is 6.54 Å². The molecule has 1 fully saturated rings. The lowest BCUT2D eigenvalue weighted by Gasteiger charge is -2.35. The lowest BCUT2D eigenvalue weighted by molar-refractivity contribution is -0.148. The first-order chi connectivity index (χ1) is 12.1. The predicted molar refractivity (Wildman–Crippen MR) is 104 cm³/mol. The molecule has 142 valence electrons. The number of allylic oxidation sites excluding steroid dienone is 1. The van der Waals surface area contributed by atoms with Crippen LogP contribution in [-0.4, -0.2) is 24.0 Å². The zero-order chi connectivity index (χ0) is 19.4. The van der Waals surface area contributed by atoms with Crippen LogP contribution in [0, 0.1) is 12.3 Å². The van der Waals surface area contributed by atoms with Crippen molar-refractivity contribution < 1.29 is 14.3 Å². The molecule has 1 aromatic carbocycles. The molecule has 1 aliphatic carbocycles. The number of hydrogen-bond donors (Lipinski definition) is 1. The summed E-state index contributed by atoms with van der Waals surface area (Å²) in [4.78, 5) is 24.3. The third kappa shape index (κ3) is 6.01. The molecule has 0 unspecified atom stereocenters. The Morgan fingerprint density at radius 3 is 2.38 bits per heavy atom. The van der Waals surface area contributed by atoms with Crippen LogP contribution >= 0.6 is 0 Å². The molecule has 0 atom stereocenters. The van der Waals surface area contributed by atoms with Crippen molar-refractivity contribution in [2.75, 3.05) is 6.54 Å². The van der Waals surface area contributed by atoms with E-state index in [1.165, 1.54) is 0 Å². The first kappa shape index (κ1) is 20.2. The van der Waals surface area contributed by atoms with E-state index in [1.54, 1.807) is 6.08 Å². The maximum atomic E-state index is 12.4. The highest BCUT2D eigenvalue weighted by atomic mass is 16.6.